The van der Waals surface area contributed by atoms with Gasteiger partial charge in [-0.3, -0.25) is 14.8 Å². The van der Waals surface area contributed by atoms with Crippen molar-refractivity contribution < 1.29 is 8.42 Å². The van der Waals surface area contributed by atoms with E-state index < -0.39 is 21.3 Å². The van der Waals surface area contributed by atoms with E-state index in [-0.39, 0.29) is 28.3 Å². The molecule has 27 heavy (non-hydrogen) atoms. The van der Waals surface area contributed by atoms with E-state index in [9.17, 15) is 18.0 Å². The zero-order chi connectivity index (χ0) is 18.3. The molecule has 3 N–H and O–H groups in total. The number of aromatic nitrogens is 3. The Bertz CT molecular complexity index is 1040. The maximum atomic E-state index is 12.9. The first-order valence-corrected chi connectivity index (χ1v) is 10.2. The van der Waals surface area contributed by atoms with Crippen LogP contribution in [0.1, 0.15) is 25.7 Å². The van der Waals surface area contributed by atoms with Crippen molar-refractivity contribution in [3.8, 4) is 0 Å². The van der Waals surface area contributed by atoms with Crippen molar-refractivity contribution in [1.82, 2.24) is 24.6 Å². The van der Waals surface area contributed by atoms with Gasteiger partial charge < -0.3 is 5.32 Å². The molecule has 1 aliphatic carbocycles. The number of nitrogens with zero attached hydrogens (tertiary/aromatic N) is 2. The fourth-order valence-electron chi connectivity index (χ4n) is 3.27. The van der Waals surface area contributed by atoms with Gasteiger partial charge in [0.15, 0.2) is 0 Å². The van der Waals surface area contributed by atoms with Crippen LogP contribution >= 0.6 is 12.4 Å². The summed E-state index contributed by atoms with van der Waals surface area (Å²) in [6.07, 6.45) is 5.30. The summed E-state index contributed by atoms with van der Waals surface area (Å²) in [5, 5.41) is 3.57. The summed E-state index contributed by atoms with van der Waals surface area (Å²) in [7, 11) is -3.72. The summed E-state index contributed by atoms with van der Waals surface area (Å²) in [6.45, 7) is 1.89. The molecule has 1 saturated heterocycles. The number of H-pyrrole nitrogens is 2. The zero-order valence-corrected chi connectivity index (χ0v) is 16.2. The van der Waals surface area contributed by atoms with Crippen LogP contribution in [0, 0.1) is 5.92 Å². The third-order valence-electron chi connectivity index (χ3n) is 5.05. The highest BCUT2D eigenvalue weighted by Gasteiger charge is 2.31. The van der Waals surface area contributed by atoms with E-state index >= 15 is 0 Å². The second-order valence-electron chi connectivity index (χ2n) is 7.01. The highest BCUT2D eigenvalue weighted by molar-refractivity contribution is 7.89. The Balaban J connectivity index is 0.00000210. The molecular formula is C16H22ClN5O4S. The van der Waals surface area contributed by atoms with Crippen LogP contribution in [0.4, 0.5) is 0 Å². The summed E-state index contributed by atoms with van der Waals surface area (Å²) in [5.41, 5.74) is -1.26. The van der Waals surface area contributed by atoms with Gasteiger partial charge in [0.05, 0.1) is 5.39 Å². The molecule has 0 bridgehead atoms. The second-order valence-corrected chi connectivity index (χ2v) is 8.94. The zero-order valence-electron chi connectivity index (χ0n) is 14.6. The van der Waals surface area contributed by atoms with Crippen molar-refractivity contribution in [2.24, 2.45) is 5.92 Å². The number of aromatic amines is 2. The van der Waals surface area contributed by atoms with Gasteiger partial charge in [0, 0.05) is 25.3 Å². The topological polar surface area (TPSA) is 128 Å². The Hall–Kier alpha value is -1.75. The number of piperidine rings is 1. The molecule has 1 saturated carbocycles. The minimum Gasteiger partial charge on any atom is -0.314 e. The molecule has 4 rings (SSSR count). The standard InChI is InChI=1S/C16H21N5O4S.ClH/c22-15-13-7-12(9-18-14(13)19-16(23)20-15)26(24,25)21-5-3-11(4-6-21)17-8-10-1-2-10;/h7,9-11,17H,1-6,8H2,(H2,18,19,20,22,23);1H. The summed E-state index contributed by atoms with van der Waals surface area (Å²) in [5.74, 6) is 0.796. The number of hydrogen-bond donors (Lipinski definition) is 3. The highest BCUT2D eigenvalue weighted by Crippen LogP contribution is 2.28. The predicted octanol–water partition coefficient (Wildman–Crippen LogP) is 0.186. The van der Waals surface area contributed by atoms with E-state index in [1.54, 1.807) is 0 Å². The van der Waals surface area contributed by atoms with E-state index in [0.717, 1.165) is 25.3 Å². The van der Waals surface area contributed by atoms with Gasteiger partial charge >= 0.3 is 5.69 Å². The summed E-state index contributed by atoms with van der Waals surface area (Å²) >= 11 is 0. The first-order chi connectivity index (χ1) is 12.4. The van der Waals surface area contributed by atoms with Crippen LogP contribution in [0.2, 0.25) is 0 Å². The fraction of sp³-hybridized carbons (Fsp3) is 0.562. The van der Waals surface area contributed by atoms with Crippen LogP contribution in [-0.2, 0) is 10.0 Å². The lowest BCUT2D eigenvalue weighted by Gasteiger charge is -2.31. The maximum Gasteiger partial charge on any atom is 0.327 e. The molecular weight excluding hydrogens is 394 g/mol. The Morgan fingerprint density at radius 3 is 2.52 bits per heavy atom. The van der Waals surface area contributed by atoms with Crippen molar-refractivity contribution in [3.05, 3.63) is 33.1 Å². The molecule has 148 valence electrons. The van der Waals surface area contributed by atoms with Gasteiger partial charge in [-0.05, 0) is 44.2 Å². The van der Waals surface area contributed by atoms with Gasteiger partial charge in [-0.2, -0.15) is 4.31 Å². The molecule has 2 fully saturated rings. The van der Waals surface area contributed by atoms with Crippen molar-refractivity contribution in [2.75, 3.05) is 19.6 Å². The molecule has 3 heterocycles. The lowest BCUT2D eigenvalue weighted by molar-refractivity contribution is 0.288. The molecule has 0 unspecified atom stereocenters. The lowest BCUT2D eigenvalue weighted by atomic mass is 10.1. The van der Waals surface area contributed by atoms with E-state index in [2.05, 4.69) is 20.3 Å². The first kappa shape index (κ1) is 20.0. The Labute approximate surface area is 162 Å². The number of pyridine rings is 1. The number of rotatable bonds is 5. The summed E-state index contributed by atoms with van der Waals surface area (Å²) < 4.78 is 27.2. The Morgan fingerprint density at radius 1 is 1.15 bits per heavy atom. The molecule has 0 radical (unpaired) electrons. The number of halogens is 1. The molecule has 1 aliphatic heterocycles. The minimum absolute atomic E-state index is 0. The number of nitrogens with one attached hydrogen (secondary N) is 3. The Kier molecular flexibility index (Phi) is 5.71. The summed E-state index contributed by atoms with van der Waals surface area (Å²) in [4.78, 5) is 31.5. The molecule has 2 aromatic rings. The lowest BCUT2D eigenvalue weighted by Crippen LogP contribution is -2.45. The van der Waals surface area contributed by atoms with Gasteiger partial charge in [0.1, 0.15) is 10.5 Å². The largest absolute Gasteiger partial charge is 0.327 e. The minimum atomic E-state index is -3.72. The van der Waals surface area contributed by atoms with Gasteiger partial charge in [0.2, 0.25) is 10.0 Å². The van der Waals surface area contributed by atoms with Gasteiger partial charge in [0.25, 0.3) is 5.56 Å². The van der Waals surface area contributed by atoms with Crippen LogP contribution in [-0.4, -0.2) is 53.4 Å². The fourth-order valence-corrected chi connectivity index (χ4v) is 4.72. The number of hydrogen-bond acceptors (Lipinski definition) is 6. The third kappa shape index (κ3) is 4.23. The van der Waals surface area contributed by atoms with Gasteiger partial charge in [-0.15, -0.1) is 12.4 Å². The smallest absolute Gasteiger partial charge is 0.314 e. The quantitative estimate of drug-likeness (QED) is 0.639. The molecule has 0 amide bonds. The molecule has 0 aromatic carbocycles. The normalized spacial score (nSPS) is 19.1. The van der Waals surface area contributed by atoms with Gasteiger partial charge in [-0.25, -0.2) is 18.2 Å². The molecule has 2 aliphatic rings. The van der Waals surface area contributed by atoms with Crippen LogP contribution in [0.3, 0.4) is 0 Å². The average Bonchev–Trinajstić information content (AvgIpc) is 3.44. The van der Waals surface area contributed by atoms with Crippen LogP contribution < -0.4 is 16.6 Å². The maximum absolute atomic E-state index is 12.9. The molecule has 0 atom stereocenters. The van der Waals surface area contributed by atoms with E-state index in [1.165, 1.54) is 29.4 Å². The van der Waals surface area contributed by atoms with Crippen LogP contribution in [0.25, 0.3) is 11.0 Å². The van der Waals surface area contributed by atoms with Crippen LogP contribution in [0.15, 0.2) is 26.7 Å². The Morgan fingerprint density at radius 2 is 1.85 bits per heavy atom. The average molecular weight is 416 g/mol. The van der Waals surface area contributed by atoms with Gasteiger partial charge in [-0.1, -0.05) is 0 Å². The highest BCUT2D eigenvalue weighted by atomic mass is 35.5. The van der Waals surface area contributed by atoms with Crippen LogP contribution in [0.5, 0.6) is 0 Å². The molecule has 2 aromatic heterocycles. The second kappa shape index (κ2) is 7.70. The summed E-state index contributed by atoms with van der Waals surface area (Å²) in [6, 6.07) is 1.62. The third-order valence-corrected chi connectivity index (χ3v) is 6.91. The molecule has 11 heteroatoms. The predicted molar refractivity (Wildman–Crippen MR) is 103 cm³/mol. The molecule has 9 nitrogen and oxygen atoms in total. The van der Waals surface area contributed by atoms with Crippen molar-refractivity contribution >= 4 is 33.5 Å². The van der Waals surface area contributed by atoms with Crippen molar-refractivity contribution in [1.29, 1.82) is 0 Å². The SMILES string of the molecule is Cl.O=c1[nH]c(=O)c2cc(S(=O)(=O)N3CCC(NCC4CC4)CC3)cnc2[nH]1. The first-order valence-electron chi connectivity index (χ1n) is 8.79. The van der Waals surface area contributed by atoms with Crippen molar-refractivity contribution in [2.45, 2.75) is 36.6 Å². The molecule has 0 spiro atoms. The van der Waals surface area contributed by atoms with E-state index in [1.807, 2.05) is 0 Å². The van der Waals surface area contributed by atoms with E-state index in [4.69, 9.17) is 0 Å². The number of fused-ring (bicyclic) bond motifs is 1. The monoisotopic (exact) mass is 415 g/mol. The van der Waals surface area contributed by atoms with E-state index in [0.29, 0.717) is 19.1 Å². The van der Waals surface area contributed by atoms with Crippen molar-refractivity contribution in [3.63, 3.8) is 0 Å². The number of sulfonamides is 1.